The molecule has 19 heavy (non-hydrogen) atoms. The molecule has 1 aromatic rings. The molecule has 1 saturated carbocycles. The molecular weight excluding hydrogens is 244 g/mol. The molecule has 2 rings (SSSR count). The molecule has 0 saturated heterocycles. The maximum absolute atomic E-state index is 10.9. The number of nitrogens with zero attached hydrogens (tertiary/aromatic N) is 2. The minimum atomic E-state index is -1.06. The Balaban J connectivity index is 2.05. The number of carboxylic acids is 1. The van der Waals surface area contributed by atoms with Crippen LogP contribution in [0, 0.1) is 12.3 Å². The van der Waals surface area contributed by atoms with Gasteiger partial charge in [-0.25, -0.2) is 9.78 Å². The highest BCUT2D eigenvalue weighted by Gasteiger charge is 2.28. The number of aromatic carboxylic acids is 1. The van der Waals surface area contributed by atoms with Gasteiger partial charge in [0.25, 0.3) is 0 Å². The lowest BCUT2D eigenvalue weighted by atomic mass is 9.76. The van der Waals surface area contributed by atoms with Crippen molar-refractivity contribution in [3.63, 3.8) is 0 Å². The van der Waals surface area contributed by atoms with E-state index in [0.29, 0.717) is 11.1 Å². The average Bonchev–Trinajstić information content (AvgIpc) is 2.31. The van der Waals surface area contributed by atoms with Crippen LogP contribution in [0.4, 0.5) is 0 Å². The molecule has 1 aliphatic rings. The van der Waals surface area contributed by atoms with Gasteiger partial charge in [0.2, 0.25) is 0 Å². The van der Waals surface area contributed by atoms with Gasteiger partial charge >= 0.3 is 12.0 Å². The third-order valence-corrected chi connectivity index (χ3v) is 3.61. The van der Waals surface area contributed by atoms with Crippen LogP contribution in [0.5, 0.6) is 6.01 Å². The van der Waals surface area contributed by atoms with Gasteiger partial charge in [0, 0.05) is 5.69 Å². The monoisotopic (exact) mass is 264 g/mol. The van der Waals surface area contributed by atoms with Gasteiger partial charge in [-0.05, 0) is 44.1 Å². The second kappa shape index (κ2) is 5.15. The largest absolute Gasteiger partial charge is 0.477 e. The van der Waals surface area contributed by atoms with Crippen LogP contribution in [0.15, 0.2) is 6.07 Å². The maximum Gasteiger partial charge on any atom is 0.354 e. The Morgan fingerprint density at radius 1 is 1.37 bits per heavy atom. The van der Waals surface area contributed by atoms with Gasteiger partial charge in [-0.2, -0.15) is 4.98 Å². The van der Waals surface area contributed by atoms with E-state index in [1.807, 2.05) is 0 Å². The first-order valence-corrected chi connectivity index (χ1v) is 6.61. The van der Waals surface area contributed by atoms with Gasteiger partial charge < -0.3 is 9.84 Å². The number of aryl methyl sites for hydroxylation is 1. The van der Waals surface area contributed by atoms with Gasteiger partial charge in [-0.1, -0.05) is 13.8 Å². The summed E-state index contributed by atoms with van der Waals surface area (Å²) < 4.78 is 5.73. The Morgan fingerprint density at radius 2 is 2.00 bits per heavy atom. The molecule has 104 valence electrons. The molecule has 0 bridgehead atoms. The van der Waals surface area contributed by atoms with Crippen LogP contribution < -0.4 is 4.74 Å². The zero-order valence-corrected chi connectivity index (χ0v) is 11.6. The maximum atomic E-state index is 10.9. The van der Waals surface area contributed by atoms with Crippen LogP contribution in [-0.4, -0.2) is 27.1 Å². The Kier molecular flexibility index (Phi) is 3.73. The van der Waals surface area contributed by atoms with E-state index in [0.717, 1.165) is 25.7 Å². The van der Waals surface area contributed by atoms with Gasteiger partial charge in [0.1, 0.15) is 6.10 Å². The molecule has 1 aromatic heterocycles. The van der Waals surface area contributed by atoms with Gasteiger partial charge in [-0.15, -0.1) is 0 Å². The topological polar surface area (TPSA) is 72.3 Å². The molecule has 1 heterocycles. The molecule has 0 unspecified atom stereocenters. The molecule has 0 amide bonds. The Morgan fingerprint density at radius 3 is 2.58 bits per heavy atom. The molecule has 0 aliphatic heterocycles. The van der Waals surface area contributed by atoms with Crippen molar-refractivity contribution < 1.29 is 14.6 Å². The summed E-state index contributed by atoms with van der Waals surface area (Å²) in [5.41, 5.74) is 0.969. The lowest BCUT2D eigenvalue weighted by molar-refractivity contribution is 0.0681. The van der Waals surface area contributed by atoms with Crippen molar-refractivity contribution in [2.75, 3.05) is 0 Å². The summed E-state index contributed by atoms with van der Waals surface area (Å²) >= 11 is 0. The van der Waals surface area contributed by atoms with E-state index in [-0.39, 0.29) is 17.8 Å². The molecule has 1 N–H and O–H groups in total. The quantitative estimate of drug-likeness (QED) is 0.908. The summed E-state index contributed by atoms with van der Waals surface area (Å²) in [5.74, 6) is -1.06. The van der Waals surface area contributed by atoms with Crippen molar-refractivity contribution in [3.8, 4) is 6.01 Å². The molecule has 0 radical (unpaired) electrons. The Hall–Kier alpha value is -1.65. The highest BCUT2D eigenvalue weighted by atomic mass is 16.5. The number of rotatable bonds is 3. The predicted molar refractivity (Wildman–Crippen MR) is 70.4 cm³/mol. The molecule has 5 heteroatoms. The summed E-state index contributed by atoms with van der Waals surface area (Å²) in [6.45, 7) is 6.26. The summed E-state index contributed by atoms with van der Waals surface area (Å²) in [6, 6.07) is 1.63. The molecule has 1 fully saturated rings. The van der Waals surface area contributed by atoms with Crippen LogP contribution in [-0.2, 0) is 0 Å². The van der Waals surface area contributed by atoms with E-state index in [4.69, 9.17) is 9.84 Å². The fraction of sp³-hybridized carbons (Fsp3) is 0.643. The number of ether oxygens (including phenoxy) is 1. The van der Waals surface area contributed by atoms with Crippen LogP contribution in [0.3, 0.4) is 0 Å². The van der Waals surface area contributed by atoms with Crippen LogP contribution in [0.25, 0.3) is 0 Å². The smallest absolute Gasteiger partial charge is 0.354 e. The molecule has 1 aliphatic carbocycles. The van der Waals surface area contributed by atoms with E-state index in [1.54, 1.807) is 6.92 Å². The number of carboxylic acid groups (broad SMARTS) is 1. The zero-order chi connectivity index (χ0) is 14.0. The SMILES string of the molecule is Cc1cc(C(=O)O)nc(OC2CCC(C)(C)CC2)n1. The molecule has 0 spiro atoms. The third kappa shape index (κ3) is 3.66. The van der Waals surface area contributed by atoms with E-state index < -0.39 is 5.97 Å². The van der Waals surface area contributed by atoms with E-state index >= 15 is 0 Å². The van der Waals surface area contributed by atoms with Crippen molar-refractivity contribution in [3.05, 3.63) is 17.5 Å². The lowest BCUT2D eigenvalue weighted by Crippen LogP contribution is -2.29. The fourth-order valence-electron chi connectivity index (χ4n) is 2.34. The first kappa shape index (κ1) is 13.8. The predicted octanol–water partition coefficient (Wildman–Crippen LogP) is 2.83. The van der Waals surface area contributed by atoms with Crippen LogP contribution in [0.1, 0.15) is 55.7 Å². The summed E-state index contributed by atoms with van der Waals surface area (Å²) in [4.78, 5) is 19.0. The normalized spacial score (nSPS) is 19.1. The third-order valence-electron chi connectivity index (χ3n) is 3.61. The van der Waals surface area contributed by atoms with Crippen LogP contribution >= 0.6 is 0 Å². The summed E-state index contributed by atoms with van der Waals surface area (Å²) in [6.07, 6.45) is 4.24. The highest BCUT2D eigenvalue weighted by Crippen LogP contribution is 2.36. The number of aromatic nitrogens is 2. The molecule has 5 nitrogen and oxygen atoms in total. The van der Waals surface area contributed by atoms with E-state index in [9.17, 15) is 4.79 Å². The Bertz CT molecular complexity index is 476. The summed E-state index contributed by atoms with van der Waals surface area (Å²) in [5, 5.41) is 8.96. The molecule has 0 atom stereocenters. The zero-order valence-electron chi connectivity index (χ0n) is 11.6. The first-order valence-electron chi connectivity index (χ1n) is 6.61. The van der Waals surface area contributed by atoms with Gasteiger partial charge in [-0.3, -0.25) is 0 Å². The van der Waals surface area contributed by atoms with Crippen molar-refractivity contribution in [1.82, 2.24) is 9.97 Å². The van der Waals surface area contributed by atoms with Crippen molar-refractivity contribution in [2.45, 2.75) is 52.6 Å². The van der Waals surface area contributed by atoms with Crippen molar-refractivity contribution in [1.29, 1.82) is 0 Å². The Labute approximate surface area is 113 Å². The second-order valence-electron chi connectivity index (χ2n) is 5.96. The van der Waals surface area contributed by atoms with E-state index in [1.165, 1.54) is 6.07 Å². The first-order chi connectivity index (χ1) is 8.85. The average molecular weight is 264 g/mol. The number of hydrogen-bond acceptors (Lipinski definition) is 4. The number of carbonyl (C=O) groups is 1. The number of hydrogen-bond donors (Lipinski definition) is 1. The van der Waals surface area contributed by atoms with Gasteiger partial charge in [0.15, 0.2) is 5.69 Å². The van der Waals surface area contributed by atoms with Gasteiger partial charge in [0.05, 0.1) is 0 Å². The van der Waals surface area contributed by atoms with Crippen molar-refractivity contribution in [2.24, 2.45) is 5.41 Å². The lowest BCUT2D eigenvalue weighted by Gasteiger charge is -2.33. The van der Waals surface area contributed by atoms with Crippen LogP contribution in [0.2, 0.25) is 0 Å². The minimum Gasteiger partial charge on any atom is -0.477 e. The van der Waals surface area contributed by atoms with Crippen molar-refractivity contribution >= 4 is 5.97 Å². The fourth-order valence-corrected chi connectivity index (χ4v) is 2.34. The standard InChI is InChI=1S/C14H20N2O3/c1-9-8-11(12(17)18)16-13(15-9)19-10-4-6-14(2,3)7-5-10/h8,10H,4-7H2,1-3H3,(H,17,18). The van der Waals surface area contributed by atoms with E-state index in [2.05, 4.69) is 23.8 Å². The highest BCUT2D eigenvalue weighted by molar-refractivity contribution is 5.85. The molecular formula is C14H20N2O3. The molecule has 0 aromatic carbocycles. The second-order valence-corrected chi connectivity index (χ2v) is 5.96. The minimum absolute atomic E-state index is 0.0151. The summed E-state index contributed by atoms with van der Waals surface area (Å²) in [7, 11) is 0.